The molecular weight excluding hydrogens is 370 g/mol. The molecule has 0 N–H and O–H groups in total. The molecule has 0 aliphatic carbocycles. The Morgan fingerprint density at radius 3 is 1.33 bits per heavy atom. The van der Waals surface area contributed by atoms with Crippen LogP contribution in [0.3, 0.4) is 0 Å². The molecule has 0 bridgehead atoms. The van der Waals surface area contributed by atoms with Crippen molar-refractivity contribution in [1.29, 1.82) is 0 Å². The van der Waals surface area contributed by atoms with Gasteiger partial charge in [0.25, 0.3) is 0 Å². The molecule has 0 saturated carbocycles. The van der Waals surface area contributed by atoms with E-state index in [0.717, 1.165) is 68.8 Å². The molecule has 110 valence electrons. The summed E-state index contributed by atoms with van der Waals surface area (Å²) in [6.45, 7) is 9.64. The fraction of sp³-hybridized carbons (Fsp3) is 1.00. The van der Waals surface area contributed by atoms with Gasteiger partial charge in [0.2, 0.25) is 0 Å². The van der Waals surface area contributed by atoms with Crippen LogP contribution in [0, 0.1) is 0 Å². The second-order valence-electron chi connectivity index (χ2n) is 3.44. The van der Waals surface area contributed by atoms with Crippen molar-refractivity contribution < 1.29 is 22.4 Å². The SMILES string of the molecule is CCN(CC)CC[S-].CN(CC[S-])CC[S-].[O]=[Tc+3]. The number of hydrogen-bond donors (Lipinski definition) is 0. The van der Waals surface area contributed by atoms with Gasteiger partial charge in [-0.3, -0.25) is 0 Å². The second-order valence-corrected chi connectivity index (χ2v) is 4.67. The predicted octanol–water partition coefficient (Wildman–Crippen LogP) is 0.766. The van der Waals surface area contributed by atoms with Gasteiger partial charge in [0.05, 0.1) is 0 Å². The third kappa shape index (κ3) is 22.6. The maximum absolute atomic E-state index is 8.22. The molecule has 0 radical (unpaired) electrons. The van der Waals surface area contributed by atoms with Crippen LogP contribution in [0.15, 0.2) is 0 Å². The minimum atomic E-state index is 0.811. The summed E-state index contributed by atoms with van der Waals surface area (Å²) in [4.78, 5) is 4.48. The fourth-order valence-corrected chi connectivity index (χ4v) is 1.97. The molecular formula is C11H25N2OS3Tc. The quantitative estimate of drug-likeness (QED) is 0.563. The Hall–Kier alpha value is 1.42. The van der Waals surface area contributed by atoms with E-state index in [-0.39, 0.29) is 0 Å². The average molecular weight is 396 g/mol. The molecule has 0 atom stereocenters. The van der Waals surface area contributed by atoms with Gasteiger partial charge in [-0.15, -0.1) is 0 Å². The molecule has 18 heavy (non-hydrogen) atoms. The van der Waals surface area contributed by atoms with E-state index in [9.17, 15) is 0 Å². The third-order valence-electron chi connectivity index (χ3n) is 2.25. The van der Waals surface area contributed by atoms with E-state index >= 15 is 0 Å². The molecule has 0 aromatic rings. The molecule has 0 unspecified atom stereocenters. The van der Waals surface area contributed by atoms with Crippen molar-refractivity contribution in [2.24, 2.45) is 0 Å². The van der Waals surface area contributed by atoms with Gasteiger partial charge in [-0.25, -0.2) is 0 Å². The van der Waals surface area contributed by atoms with Gasteiger partial charge in [-0.2, -0.15) is 17.3 Å². The maximum atomic E-state index is 8.22. The summed E-state index contributed by atoms with van der Waals surface area (Å²) < 4.78 is 8.22. The first kappa shape index (κ1) is 24.4. The van der Waals surface area contributed by atoms with Gasteiger partial charge in [0.1, 0.15) is 0 Å². The third-order valence-corrected chi connectivity index (χ3v) is 2.80. The fourth-order valence-electron chi connectivity index (χ4n) is 1.09. The van der Waals surface area contributed by atoms with E-state index in [1.54, 1.807) is 0 Å². The van der Waals surface area contributed by atoms with Crippen LogP contribution in [0.2, 0.25) is 0 Å². The molecule has 0 aromatic carbocycles. The summed E-state index contributed by atoms with van der Waals surface area (Å²) in [5, 5.41) is 0. The first-order valence-electron chi connectivity index (χ1n) is 5.96. The number of rotatable bonds is 8. The van der Waals surface area contributed by atoms with Gasteiger partial charge >= 0.3 is 22.4 Å². The van der Waals surface area contributed by atoms with Crippen LogP contribution in [-0.4, -0.2) is 66.8 Å². The zero-order valence-corrected chi connectivity index (χ0v) is 15.9. The van der Waals surface area contributed by atoms with Crippen molar-refractivity contribution in [3.05, 3.63) is 0 Å². The molecule has 0 amide bonds. The molecule has 0 aliphatic heterocycles. The van der Waals surface area contributed by atoms with Gasteiger partial charge in [0.15, 0.2) is 0 Å². The Morgan fingerprint density at radius 1 is 0.833 bits per heavy atom. The van der Waals surface area contributed by atoms with Crippen molar-refractivity contribution in [2.45, 2.75) is 13.8 Å². The molecule has 7 heteroatoms. The standard InChI is InChI=1S/C6H15NS.C5H13NS2.O.Tc/c1-3-7(4-2)5-6-8;1-6(2-4-7)3-5-8;;/h8H,3-6H2,1-2H3;7-8H,2-5H2,1H3;;/q;;;+3/p-3. The van der Waals surface area contributed by atoms with Gasteiger partial charge < -0.3 is 47.7 Å². The summed E-state index contributed by atoms with van der Waals surface area (Å²) in [5.74, 6) is 2.49. The van der Waals surface area contributed by atoms with Crippen LogP contribution in [0.4, 0.5) is 0 Å². The Kier molecular flexibility index (Phi) is 31.9. The Balaban J connectivity index is -0.000000219. The predicted molar refractivity (Wildman–Crippen MR) is 82.7 cm³/mol. The van der Waals surface area contributed by atoms with Crippen molar-refractivity contribution in [1.82, 2.24) is 9.80 Å². The van der Waals surface area contributed by atoms with Gasteiger partial charge in [-0.05, 0) is 39.8 Å². The van der Waals surface area contributed by atoms with E-state index < -0.39 is 0 Å². The van der Waals surface area contributed by atoms with E-state index in [4.69, 9.17) is 41.4 Å². The average Bonchev–Trinajstić information content (AvgIpc) is 2.40. The molecule has 0 rings (SSSR count). The first-order chi connectivity index (χ1) is 8.65. The van der Waals surface area contributed by atoms with E-state index in [1.807, 2.05) is 7.05 Å². The first-order valence-corrected chi connectivity index (χ1v) is 8.45. The number of hydrogen-bond acceptors (Lipinski definition) is 6. The topological polar surface area (TPSA) is 23.6 Å². The zero-order chi connectivity index (χ0) is 14.8. The van der Waals surface area contributed by atoms with Gasteiger partial charge in [0, 0.05) is 0 Å². The van der Waals surface area contributed by atoms with Gasteiger partial charge in [-0.1, -0.05) is 13.8 Å². The molecule has 0 aromatic heterocycles. The molecule has 0 saturated heterocycles. The summed E-state index contributed by atoms with van der Waals surface area (Å²) in [7, 11) is 2.04. The summed E-state index contributed by atoms with van der Waals surface area (Å²) in [6, 6.07) is 0. The normalized spacial score (nSPS) is 9.50. The van der Waals surface area contributed by atoms with Crippen LogP contribution in [0.25, 0.3) is 0 Å². The van der Waals surface area contributed by atoms with Crippen molar-refractivity contribution in [3.63, 3.8) is 0 Å². The van der Waals surface area contributed by atoms with Crippen molar-refractivity contribution in [2.75, 3.05) is 57.0 Å². The summed E-state index contributed by atoms with van der Waals surface area (Å²) in [6.07, 6.45) is 0. The molecule has 0 heterocycles. The molecule has 3 nitrogen and oxygen atoms in total. The molecule has 0 spiro atoms. The Morgan fingerprint density at radius 2 is 1.17 bits per heavy atom. The van der Waals surface area contributed by atoms with Crippen LogP contribution in [0.1, 0.15) is 13.8 Å². The van der Waals surface area contributed by atoms with E-state index in [0.29, 0.717) is 0 Å². The molecule has 0 fully saturated rings. The minimum absolute atomic E-state index is 0.811. The summed E-state index contributed by atoms with van der Waals surface area (Å²) in [5.41, 5.74) is 0. The zero-order valence-electron chi connectivity index (χ0n) is 11.6. The summed E-state index contributed by atoms with van der Waals surface area (Å²) >= 11 is 15.3. The van der Waals surface area contributed by atoms with Crippen LogP contribution >= 0.6 is 0 Å². The van der Waals surface area contributed by atoms with E-state index in [1.165, 1.54) is 0 Å². The second kappa shape index (κ2) is 23.5. The Bertz CT molecular complexity index is 137. The number of nitrogens with zero attached hydrogens (tertiary/aromatic N) is 2. The van der Waals surface area contributed by atoms with Crippen LogP contribution in [0.5, 0.6) is 0 Å². The Labute approximate surface area is 140 Å². The molecule has 0 aliphatic rings. The monoisotopic (exact) mass is 394 g/mol. The van der Waals surface area contributed by atoms with Crippen molar-refractivity contribution >= 4 is 37.9 Å². The van der Waals surface area contributed by atoms with Crippen LogP contribution in [-0.2, 0) is 60.2 Å². The van der Waals surface area contributed by atoms with E-state index in [2.05, 4.69) is 23.6 Å². The van der Waals surface area contributed by atoms with Crippen molar-refractivity contribution in [3.8, 4) is 0 Å². The van der Waals surface area contributed by atoms with Crippen LogP contribution < -0.4 is 0 Å².